The zero-order valence-corrected chi connectivity index (χ0v) is 6.95. The summed E-state index contributed by atoms with van der Waals surface area (Å²) in [5.74, 6) is 0.322. The number of para-hydroxylation sites is 1. The van der Waals surface area contributed by atoms with Crippen LogP contribution in [-0.2, 0) is 4.74 Å². The molecule has 14 heavy (non-hydrogen) atoms. The Kier molecular flexibility index (Phi) is 5.29. The Morgan fingerprint density at radius 3 is 1.57 bits per heavy atom. The van der Waals surface area contributed by atoms with E-state index in [9.17, 15) is 9.59 Å². The van der Waals surface area contributed by atoms with E-state index in [4.69, 9.17) is 15.3 Å². The van der Waals surface area contributed by atoms with Gasteiger partial charge in [-0.05, 0) is 12.1 Å². The molecule has 76 valence electrons. The van der Waals surface area contributed by atoms with Crippen molar-refractivity contribution >= 4 is 12.3 Å². The fourth-order valence-corrected chi connectivity index (χ4v) is 0.503. The summed E-state index contributed by atoms with van der Waals surface area (Å²) in [7, 11) is 0. The third-order valence-electron chi connectivity index (χ3n) is 0.931. The van der Waals surface area contributed by atoms with Crippen LogP contribution in [0.5, 0.6) is 5.75 Å². The van der Waals surface area contributed by atoms with Crippen LogP contribution in [0.3, 0.4) is 0 Å². The molecule has 0 amide bonds. The van der Waals surface area contributed by atoms with E-state index < -0.39 is 12.3 Å². The molecule has 0 aliphatic carbocycles. The molecule has 0 atom stereocenters. The predicted molar refractivity (Wildman–Crippen MR) is 45.2 cm³/mol. The normalized spacial score (nSPS) is 8.00. The molecule has 0 fully saturated rings. The van der Waals surface area contributed by atoms with Crippen LogP contribution < -0.4 is 0 Å². The van der Waals surface area contributed by atoms with Gasteiger partial charge in [0.25, 0.3) is 0 Å². The van der Waals surface area contributed by atoms with Gasteiger partial charge in [-0.25, -0.2) is 9.59 Å². The lowest BCUT2D eigenvalue weighted by molar-refractivity contribution is 0.0802. The van der Waals surface area contributed by atoms with Gasteiger partial charge in [0.15, 0.2) is 0 Å². The van der Waals surface area contributed by atoms with Crippen molar-refractivity contribution < 1.29 is 29.6 Å². The van der Waals surface area contributed by atoms with E-state index in [-0.39, 0.29) is 0 Å². The Balaban J connectivity index is 0.000000241. The van der Waals surface area contributed by atoms with E-state index in [0.29, 0.717) is 5.75 Å². The number of hydrogen-bond donors (Lipinski definition) is 3. The van der Waals surface area contributed by atoms with Crippen molar-refractivity contribution in [2.75, 3.05) is 0 Å². The Morgan fingerprint density at radius 2 is 1.43 bits per heavy atom. The van der Waals surface area contributed by atoms with Gasteiger partial charge in [-0.3, -0.25) is 0 Å². The van der Waals surface area contributed by atoms with Crippen LogP contribution in [0.25, 0.3) is 0 Å². The fourth-order valence-electron chi connectivity index (χ4n) is 0.503. The molecule has 0 aromatic heterocycles. The van der Waals surface area contributed by atoms with Gasteiger partial charge in [-0.15, -0.1) is 0 Å². The van der Waals surface area contributed by atoms with Crippen molar-refractivity contribution in [2.24, 2.45) is 0 Å². The number of ether oxygens (including phenoxy) is 1. The number of benzene rings is 1. The van der Waals surface area contributed by atoms with Crippen LogP contribution in [-0.4, -0.2) is 27.6 Å². The second kappa shape index (κ2) is 6.30. The number of aromatic hydroxyl groups is 1. The molecule has 0 spiro atoms. The second-order valence-electron chi connectivity index (χ2n) is 1.97. The van der Waals surface area contributed by atoms with Crippen LogP contribution in [0.2, 0.25) is 0 Å². The van der Waals surface area contributed by atoms with Crippen LogP contribution in [0.4, 0.5) is 9.59 Å². The van der Waals surface area contributed by atoms with Crippen molar-refractivity contribution in [3.63, 3.8) is 0 Å². The summed E-state index contributed by atoms with van der Waals surface area (Å²) in [6.45, 7) is 0. The number of rotatable bonds is 0. The molecule has 0 heterocycles. The van der Waals surface area contributed by atoms with Crippen molar-refractivity contribution in [1.82, 2.24) is 0 Å². The molecule has 1 aromatic carbocycles. The summed E-state index contributed by atoms with van der Waals surface area (Å²) in [6.07, 6.45) is -3.62. The summed E-state index contributed by atoms with van der Waals surface area (Å²) in [5, 5.41) is 23.6. The quantitative estimate of drug-likeness (QED) is 0.435. The highest BCUT2D eigenvalue weighted by Gasteiger charge is 2.01. The van der Waals surface area contributed by atoms with E-state index in [0.717, 1.165) is 0 Å². The van der Waals surface area contributed by atoms with Crippen LogP contribution in [0.1, 0.15) is 0 Å². The molecule has 1 aromatic rings. The van der Waals surface area contributed by atoms with Crippen LogP contribution in [0, 0.1) is 0 Å². The Bertz CT molecular complexity index is 282. The molecule has 0 aliphatic rings. The minimum Gasteiger partial charge on any atom is -0.508 e. The van der Waals surface area contributed by atoms with Gasteiger partial charge in [0, 0.05) is 0 Å². The zero-order chi connectivity index (χ0) is 11.0. The lowest BCUT2D eigenvalue weighted by Gasteiger charge is -1.84. The van der Waals surface area contributed by atoms with Gasteiger partial charge in [-0.1, -0.05) is 18.2 Å². The molecule has 0 saturated heterocycles. The topological polar surface area (TPSA) is 104 Å². The standard InChI is InChI=1S/C6H6O.C2H2O5/c7-6-4-2-1-3-5-6;3-1(4)7-2(5)6/h1-5,7H;(H,3,4)(H,5,6). The highest BCUT2D eigenvalue weighted by atomic mass is 16.7. The lowest BCUT2D eigenvalue weighted by atomic mass is 10.3. The fraction of sp³-hybridized carbons (Fsp3) is 0. The minimum atomic E-state index is -1.81. The first-order chi connectivity index (χ1) is 6.52. The summed E-state index contributed by atoms with van der Waals surface area (Å²) < 4.78 is 3.08. The predicted octanol–water partition coefficient (Wildman–Crippen LogP) is 1.75. The highest BCUT2D eigenvalue weighted by Crippen LogP contribution is 2.02. The molecule has 0 aliphatic heterocycles. The van der Waals surface area contributed by atoms with Gasteiger partial charge in [-0.2, -0.15) is 0 Å². The molecule has 0 radical (unpaired) electrons. The zero-order valence-electron chi connectivity index (χ0n) is 6.95. The average Bonchev–Trinajstić information content (AvgIpc) is 2.03. The van der Waals surface area contributed by atoms with E-state index >= 15 is 0 Å². The van der Waals surface area contributed by atoms with E-state index in [1.54, 1.807) is 24.3 Å². The summed E-state index contributed by atoms with van der Waals surface area (Å²) in [4.78, 5) is 18.4. The first kappa shape index (κ1) is 11.8. The third-order valence-corrected chi connectivity index (χ3v) is 0.931. The largest absolute Gasteiger partial charge is 0.516 e. The molecule has 6 heteroatoms. The third kappa shape index (κ3) is 7.86. The lowest BCUT2D eigenvalue weighted by Crippen LogP contribution is -2.05. The molecule has 0 saturated carbocycles. The van der Waals surface area contributed by atoms with E-state index in [1.165, 1.54) is 0 Å². The molecule has 1 rings (SSSR count). The van der Waals surface area contributed by atoms with Crippen LogP contribution >= 0.6 is 0 Å². The first-order valence-corrected chi connectivity index (χ1v) is 3.40. The average molecular weight is 200 g/mol. The Labute approximate surface area is 79.0 Å². The molecular weight excluding hydrogens is 192 g/mol. The Hall–Kier alpha value is -2.24. The van der Waals surface area contributed by atoms with E-state index in [2.05, 4.69) is 4.74 Å². The monoisotopic (exact) mass is 200 g/mol. The second-order valence-corrected chi connectivity index (χ2v) is 1.97. The first-order valence-electron chi connectivity index (χ1n) is 3.40. The number of phenols is 1. The maximum absolute atomic E-state index is 9.21. The molecule has 0 bridgehead atoms. The number of carboxylic acid groups (broad SMARTS) is 2. The number of hydrogen-bond acceptors (Lipinski definition) is 4. The van der Waals surface area contributed by atoms with Gasteiger partial charge in [0.05, 0.1) is 0 Å². The maximum atomic E-state index is 9.21. The van der Waals surface area contributed by atoms with Crippen molar-refractivity contribution in [3.8, 4) is 5.75 Å². The van der Waals surface area contributed by atoms with Crippen molar-refractivity contribution in [1.29, 1.82) is 0 Å². The summed E-state index contributed by atoms with van der Waals surface area (Å²) in [5.41, 5.74) is 0. The molecule has 3 N–H and O–H groups in total. The number of phenolic OH excluding ortho intramolecular Hbond substituents is 1. The molecule has 0 unspecified atom stereocenters. The molecule has 6 nitrogen and oxygen atoms in total. The highest BCUT2D eigenvalue weighted by molar-refractivity contribution is 5.74. The minimum absolute atomic E-state index is 0.322. The Morgan fingerprint density at radius 1 is 1.00 bits per heavy atom. The van der Waals surface area contributed by atoms with Gasteiger partial charge in [0.1, 0.15) is 5.75 Å². The maximum Gasteiger partial charge on any atom is 0.516 e. The summed E-state index contributed by atoms with van der Waals surface area (Å²) in [6, 6.07) is 8.71. The van der Waals surface area contributed by atoms with Crippen LogP contribution in [0.15, 0.2) is 30.3 Å². The molecular formula is C8H8O6. The van der Waals surface area contributed by atoms with Gasteiger partial charge in [0.2, 0.25) is 0 Å². The van der Waals surface area contributed by atoms with Crippen molar-refractivity contribution in [2.45, 2.75) is 0 Å². The SMILES string of the molecule is O=C(O)OC(=O)O.Oc1ccccc1. The van der Waals surface area contributed by atoms with Crippen molar-refractivity contribution in [3.05, 3.63) is 30.3 Å². The van der Waals surface area contributed by atoms with Gasteiger partial charge >= 0.3 is 12.3 Å². The summed E-state index contributed by atoms with van der Waals surface area (Å²) >= 11 is 0. The number of carbonyl (C=O) groups is 2. The van der Waals surface area contributed by atoms with Gasteiger partial charge < -0.3 is 20.1 Å². The van der Waals surface area contributed by atoms with E-state index in [1.807, 2.05) is 6.07 Å². The smallest absolute Gasteiger partial charge is 0.508 e.